The summed E-state index contributed by atoms with van der Waals surface area (Å²) in [6.45, 7) is 2.54. The van der Waals surface area contributed by atoms with Crippen LogP contribution >= 0.6 is 11.3 Å². The summed E-state index contributed by atoms with van der Waals surface area (Å²) in [5.41, 5.74) is 1.05. The van der Waals surface area contributed by atoms with Crippen molar-refractivity contribution in [3.8, 4) is 28.0 Å². The van der Waals surface area contributed by atoms with Gasteiger partial charge >= 0.3 is 0 Å². The van der Waals surface area contributed by atoms with Crippen molar-refractivity contribution in [2.24, 2.45) is 0 Å². The number of aliphatic hydroxyl groups is 1. The van der Waals surface area contributed by atoms with Crippen molar-refractivity contribution >= 4 is 27.3 Å². The average molecular weight is 379 g/mol. The van der Waals surface area contributed by atoms with Crippen LogP contribution in [0.4, 0.5) is 0 Å². The van der Waals surface area contributed by atoms with Crippen molar-refractivity contribution in [2.75, 3.05) is 13.7 Å². The summed E-state index contributed by atoms with van der Waals surface area (Å²) in [6, 6.07) is 6.68. The molecule has 1 aromatic heterocycles. The molecule has 2 N–H and O–H groups in total. The molecule has 0 aliphatic rings. The Bertz CT molecular complexity index is 965. The fourth-order valence-corrected chi connectivity index (χ4v) is 4.38. The number of hydrogen-bond donors (Lipinski definition) is 2. The monoisotopic (exact) mass is 379 g/mol. The minimum Gasteiger partial charge on any atom is -0.496 e. The van der Waals surface area contributed by atoms with E-state index < -0.39 is 15.9 Å². The smallest absolute Gasteiger partial charge is 0.264 e. The zero-order valence-corrected chi connectivity index (χ0v) is 15.5. The maximum Gasteiger partial charge on any atom is 0.264 e. The molecule has 1 amide bonds. The first-order chi connectivity index (χ1) is 11.8. The SMILES string of the molecule is COc1cc(C)c(S(=O)(=O)NC(C)=O)cc1-c1ccc(C#CCO)s1. The van der Waals surface area contributed by atoms with Gasteiger partial charge in [-0.25, -0.2) is 13.1 Å². The molecule has 2 rings (SSSR count). The Hall–Kier alpha value is -2.34. The van der Waals surface area contributed by atoms with Gasteiger partial charge in [0.05, 0.1) is 16.9 Å². The number of aryl methyl sites for hydroxylation is 1. The lowest BCUT2D eigenvalue weighted by Gasteiger charge is -2.13. The van der Waals surface area contributed by atoms with Crippen molar-refractivity contribution in [3.05, 3.63) is 34.7 Å². The summed E-state index contributed by atoms with van der Waals surface area (Å²) in [5.74, 6) is 5.23. The number of sulfonamides is 1. The highest BCUT2D eigenvalue weighted by atomic mass is 32.2. The van der Waals surface area contributed by atoms with Crippen molar-refractivity contribution < 1.29 is 23.1 Å². The molecule has 6 nitrogen and oxygen atoms in total. The van der Waals surface area contributed by atoms with Gasteiger partial charge in [-0.15, -0.1) is 11.3 Å². The van der Waals surface area contributed by atoms with E-state index in [1.165, 1.54) is 24.5 Å². The molecule has 1 aromatic carbocycles. The standard InChI is InChI=1S/C17H17NO5S2/c1-11-9-15(23-3)14(10-17(11)25(21,22)18-12(2)20)16-7-6-13(24-16)5-4-8-19/h6-7,9-10,19H,8H2,1-3H3,(H,18,20). The van der Waals surface area contributed by atoms with Crippen LogP contribution in [0.25, 0.3) is 10.4 Å². The molecule has 0 bridgehead atoms. The van der Waals surface area contributed by atoms with Crippen LogP contribution in [0, 0.1) is 18.8 Å². The lowest BCUT2D eigenvalue weighted by molar-refractivity contribution is -0.117. The Balaban J connectivity index is 2.59. The molecule has 8 heteroatoms. The van der Waals surface area contributed by atoms with Crippen molar-refractivity contribution in [3.63, 3.8) is 0 Å². The highest BCUT2D eigenvalue weighted by Crippen LogP contribution is 2.37. The molecule has 0 unspecified atom stereocenters. The highest BCUT2D eigenvalue weighted by Gasteiger charge is 2.22. The number of carbonyl (C=O) groups excluding carboxylic acids is 1. The van der Waals surface area contributed by atoms with Crippen LogP contribution in [-0.4, -0.2) is 33.1 Å². The zero-order chi connectivity index (χ0) is 18.6. The molecular formula is C17H17NO5S2. The van der Waals surface area contributed by atoms with Gasteiger partial charge in [0, 0.05) is 17.4 Å². The van der Waals surface area contributed by atoms with E-state index in [-0.39, 0.29) is 11.5 Å². The molecule has 132 valence electrons. The minimum absolute atomic E-state index is 0.00916. The summed E-state index contributed by atoms with van der Waals surface area (Å²) >= 11 is 1.35. The van der Waals surface area contributed by atoms with E-state index in [1.54, 1.807) is 25.1 Å². The number of ether oxygens (including phenoxy) is 1. The fraction of sp³-hybridized carbons (Fsp3) is 0.235. The second-order valence-corrected chi connectivity index (χ2v) is 7.84. The van der Waals surface area contributed by atoms with Crippen LogP contribution in [0.2, 0.25) is 0 Å². The second kappa shape index (κ2) is 7.70. The van der Waals surface area contributed by atoms with Gasteiger partial charge in [-0.05, 0) is 36.8 Å². The van der Waals surface area contributed by atoms with Crippen molar-refractivity contribution in [1.29, 1.82) is 0 Å². The predicted octanol–water partition coefficient (Wildman–Crippen LogP) is 1.90. The molecule has 0 aliphatic carbocycles. The Morgan fingerprint density at radius 2 is 2.08 bits per heavy atom. The molecule has 0 spiro atoms. The lowest BCUT2D eigenvalue weighted by atomic mass is 10.1. The molecule has 1 heterocycles. The first kappa shape index (κ1) is 19.0. The van der Waals surface area contributed by atoms with Crippen LogP contribution in [0.1, 0.15) is 17.4 Å². The van der Waals surface area contributed by atoms with Crippen molar-refractivity contribution in [2.45, 2.75) is 18.7 Å². The van der Waals surface area contributed by atoms with Crippen LogP contribution in [0.15, 0.2) is 29.2 Å². The van der Waals surface area contributed by atoms with E-state index in [0.29, 0.717) is 16.9 Å². The Kier molecular flexibility index (Phi) is 5.85. The van der Waals surface area contributed by atoms with Gasteiger partial charge < -0.3 is 9.84 Å². The van der Waals surface area contributed by atoms with Gasteiger partial charge in [0.25, 0.3) is 10.0 Å². The van der Waals surface area contributed by atoms with Gasteiger partial charge in [-0.2, -0.15) is 0 Å². The minimum atomic E-state index is -3.96. The normalized spacial score (nSPS) is 10.7. The first-order valence-corrected chi connectivity index (χ1v) is 9.50. The van der Waals surface area contributed by atoms with E-state index in [0.717, 1.165) is 16.7 Å². The molecular weight excluding hydrogens is 362 g/mol. The summed E-state index contributed by atoms with van der Waals surface area (Å²) in [7, 11) is -2.46. The van der Waals surface area contributed by atoms with E-state index in [9.17, 15) is 13.2 Å². The van der Waals surface area contributed by atoms with Gasteiger partial charge in [0.1, 0.15) is 12.4 Å². The van der Waals surface area contributed by atoms with E-state index in [2.05, 4.69) is 11.8 Å². The van der Waals surface area contributed by atoms with Gasteiger partial charge in [0.2, 0.25) is 5.91 Å². The third-order valence-electron chi connectivity index (χ3n) is 3.23. The molecule has 0 saturated heterocycles. The maximum atomic E-state index is 12.4. The van der Waals surface area contributed by atoms with E-state index in [1.807, 2.05) is 4.72 Å². The summed E-state index contributed by atoms with van der Waals surface area (Å²) in [4.78, 5) is 12.7. The number of hydrogen-bond acceptors (Lipinski definition) is 6. The maximum absolute atomic E-state index is 12.4. The first-order valence-electron chi connectivity index (χ1n) is 7.20. The van der Waals surface area contributed by atoms with Gasteiger partial charge in [-0.1, -0.05) is 11.8 Å². The molecule has 2 aromatic rings. The number of nitrogens with one attached hydrogen (secondary N) is 1. The molecule has 0 fully saturated rings. The Morgan fingerprint density at radius 1 is 1.36 bits per heavy atom. The van der Waals surface area contributed by atoms with E-state index in [4.69, 9.17) is 9.84 Å². The van der Waals surface area contributed by atoms with Crippen molar-refractivity contribution in [1.82, 2.24) is 4.72 Å². The van der Waals surface area contributed by atoms with E-state index >= 15 is 0 Å². The zero-order valence-electron chi connectivity index (χ0n) is 13.9. The number of carbonyl (C=O) groups is 1. The summed E-state index contributed by atoms with van der Waals surface area (Å²) < 4.78 is 32.1. The number of amides is 1. The van der Waals surface area contributed by atoms with Crippen LogP contribution in [0.5, 0.6) is 5.75 Å². The number of methoxy groups -OCH3 is 1. The summed E-state index contributed by atoms with van der Waals surface area (Å²) in [5, 5.41) is 8.77. The van der Waals surface area contributed by atoms with Gasteiger partial charge in [-0.3, -0.25) is 4.79 Å². The van der Waals surface area contributed by atoms with Crippen LogP contribution in [0.3, 0.4) is 0 Å². The third-order valence-corrected chi connectivity index (χ3v) is 5.84. The second-order valence-electron chi connectivity index (χ2n) is 5.10. The van der Waals surface area contributed by atoms with Crippen LogP contribution < -0.4 is 9.46 Å². The highest BCUT2D eigenvalue weighted by molar-refractivity contribution is 7.90. The Morgan fingerprint density at radius 3 is 2.68 bits per heavy atom. The number of thiophene rings is 1. The molecule has 0 radical (unpaired) electrons. The summed E-state index contributed by atoms with van der Waals surface area (Å²) in [6.07, 6.45) is 0. The quantitative estimate of drug-likeness (QED) is 0.792. The third kappa shape index (κ3) is 4.39. The van der Waals surface area contributed by atoms with Crippen LogP contribution in [-0.2, 0) is 14.8 Å². The topological polar surface area (TPSA) is 92.7 Å². The molecule has 25 heavy (non-hydrogen) atoms. The number of aliphatic hydroxyl groups excluding tert-OH is 1. The molecule has 0 saturated carbocycles. The number of rotatable bonds is 4. The molecule has 0 aliphatic heterocycles. The predicted molar refractivity (Wildman–Crippen MR) is 96.0 cm³/mol. The Labute approximate surface area is 150 Å². The lowest BCUT2D eigenvalue weighted by Crippen LogP contribution is -2.28. The number of benzene rings is 1. The molecule has 0 atom stereocenters. The fourth-order valence-electron chi connectivity index (χ4n) is 2.23. The average Bonchev–Trinajstić information content (AvgIpc) is 2.99. The largest absolute Gasteiger partial charge is 0.496 e. The van der Waals surface area contributed by atoms with Gasteiger partial charge in [0.15, 0.2) is 0 Å².